The van der Waals surface area contributed by atoms with E-state index in [1.54, 1.807) is 9.42 Å². The van der Waals surface area contributed by atoms with E-state index in [-0.39, 0.29) is 30.3 Å². The number of aliphatic imine (C=N–C) groups is 1. The quantitative estimate of drug-likeness (QED) is 0.613. The third kappa shape index (κ3) is 5.21. The van der Waals surface area contributed by atoms with Gasteiger partial charge in [0.05, 0.1) is 12.4 Å². The van der Waals surface area contributed by atoms with Crippen LogP contribution in [0.2, 0.25) is 0 Å². The fraction of sp³-hybridized carbons (Fsp3) is 0.609. The molecule has 188 valence electrons. The van der Waals surface area contributed by atoms with E-state index in [0.29, 0.717) is 25.0 Å². The van der Waals surface area contributed by atoms with Crippen molar-refractivity contribution in [3.05, 3.63) is 23.3 Å². The number of carbonyl (C=O) groups is 1. The number of anilines is 2. The minimum atomic E-state index is -0.452. The molecule has 0 spiro atoms. The molecule has 11 nitrogen and oxygen atoms in total. The van der Waals surface area contributed by atoms with Crippen LogP contribution in [0.3, 0.4) is 0 Å². The number of halogens is 1. The maximum absolute atomic E-state index is 13.1. The zero-order valence-electron chi connectivity index (χ0n) is 20.0. The summed E-state index contributed by atoms with van der Waals surface area (Å²) in [6, 6.07) is 0.379. The Balaban J connectivity index is 1.25. The average Bonchev–Trinajstić information content (AvgIpc) is 3.29. The van der Waals surface area contributed by atoms with Gasteiger partial charge in [0.25, 0.3) is 0 Å². The van der Waals surface area contributed by atoms with Gasteiger partial charge in [-0.05, 0) is 31.6 Å². The van der Waals surface area contributed by atoms with Crippen LogP contribution in [0, 0.1) is 0 Å². The Morgan fingerprint density at radius 2 is 1.91 bits per heavy atom. The van der Waals surface area contributed by atoms with Crippen molar-refractivity contribution < 1.29 is 18.7 Å². The molecule has 2 fully saturated rings. The second kappa shape index (κ2) is 10.1. The van der Waals surface area contributed by atoms with Crippen molar-refractivity contribution in [3.63, 3.8) is 0 Å². The normalized spacial score (nSPS) is 19.4. The van der Waals surface area contributed by atoms with Crippen molar-refractivity contribution in [2.75, 3.05) is 43.5 Å². The number of carbonyl (C=O) groups excluding carboxylic acids is 1. The predicted octanol–water partition coefficient (Wildman–Crippen LogP) is 3.12. The number of amides is 1. The van der Waals surface area contributed by atoms with Crippen LogP contribution in [-0.4, -0.2) is 81.8 Å². The molecule has 2 aromatic heterocycles. The fourth-order valence-corrected chi connectivity index (χ4v) is 4.41. The van der Waals surface area contributed by atoms with Crippen molar-refractivity contribution in [2.24, 2.45) is 4.99 Å². The first-order valence-corrected chi connectivity index (χ1v) is 12.2. The van der Waals surface area contributed by atoms with Crippen LogP contribution in [0.1, 0.15) is 51.0 Å². The van der Waals surface area contributed by atoms with Crippen molar-refractivity contribution in [1.82, 2.24) is 24.5 Å². The summed E-state index contributed by atoms with van der Waals surface area (Å²) in [6.07, 6.45) is 5.77. The lowest BCUT2D eigenvalue weighted by Gasteiger charge is -2.32. The lowest BCUT2D eigenvalue weighted by molar-refractivity contribution is 0.0903. The smallest absolute Gasteiger partial charge is 0.410 e. The highest BCUT2D eigenvalue weighted by Crippen LogP contribution is 2.25. The van der Waals surface area contributed by atoms with Gasteiger partial charge in [-0.3, -0.25) is 4.99 Å². The molecule has 0 bridgehead atoms. The van der Waals surface area contributed by atoms with Crippen molar-refractivity contribution in [3.8, 4) is 0 Å². The molecule has 0 saturated carbocycles. The molecule has 2 N–H and O–H groups in total. The van der Waals surface area contributed by atoms with E-state index < -0.39 is 11.9 Å². The molecule has 3 aliphatic rings. The number of allylic oxidation sites excluding steroid dienone is 1. The number of rotatable bonds is 7. The number of ether oxygens (including phenoxy) is 2. The lowest BCUT2D eigenvalue weighted by Crippen LogP contribution is -2.43. The standard InChI is InChI=1S/C23H31FN8O3/c1-14(2)17-11-26-32-20(17)29-21(27-16-5-9-34-10-6-16)30-22(32)28-15-3-7-31(8-4-15)23(33)35-13-19-18(24)12-25-19/h11-12,14-16H,3-10,13H2,1-2H3,(H2,27,28,29,30). The van der Waals surface area contributed by atoms with E-state index in [4.69, 9.17) is 19.4 Å². The van der Waals surface area contributed by atoms with Crippen LogP contribution in [0.4, 0.5) is 21.1 Å². The molecular formula is C23H31FN8O3. The summed E-state index contributed by atoms with van der Waals surface area (Å²) < 4.78 is 25.5. The van der Waals surface area contributed by atoms with E-state index in [9.17, 15) is 9.18 Å². The minimum Gasteiger partial charge on any atom is -0.443 e. The maximum atomic E-state index is 13.1. The predicted molar refractivity (Wildman–Crippen MR) is 129 cm³/mol. The van der Waals surface area contributed by atoms with Crippen molar-refractivity contribution in [2.45, 2.75) is 57.5 Å². The van der Waals surface area contributed by atoms with Crippen LogP contribution in [0.15, 0.2) is 22.7 Å². The van der Waals surface area contributed by atoms with E-state index in [1.165, 1.54) is 0 Å². The first-order chi connectivity index (χ1) is 17.0. The van der Waals surface area contributed by atoms with Gasteiger partial charge in [0.1, 0.15) is 12.3 Å². The molecule has 0 atom stereocenters. The van der Waals surface area contributed by atoms with Crippen molar-refractivity contribution in [1.29, 1.82) is 0 Å². The van der Waals surface area contributed by atoms with Gasteiger partial charge in [-0.2, -0.15) is 19.6 Å². The van der Waals surface area contributed by atoms with Crippen LogP contribution in [0.5, 0.6) is 0 Å². The van der Waals surface area contributed by atoms with Gasteiger partial charge in [0.2, 0.25) is 11.9 Å². The summed E-state index contributed by atoms with van der Waals surface area (Å²) in [7, 11) is 0. The molecular weight excluding hydrogens is 455 g/mol. The number of piperidine rings is 1. The molecule has 2 saturated heterocycles. The van der Waals surface area contributed by atoms with E-state index in [1.807, 2.05) is 6.20 Å². The summed E-state index contributed by atoms with van der Waals surface area (Å²) in [4.78, 5) is 27.2. The number of nitrogens with zero attached hydrogens (tertiary/aromatic N) is 6. The van der Waals surface area contributed by atoms with E-state index >= 15 is 0 Å². The molecule has 0 aliphatic carbocycles. The van der Waals surface area contributed by atoms with E-state index in [2.05, 4.69) is 34.6 Å². The molecule has 35 heavy (non-hydrogen) atoms. The Bertz CT molecular complexity index is 1130. The molecule has 12 heteroatoms. The first kappa shape index (κ1) is 23.5. The second-order valence-corrected chi connectivity index (χ2v) is 9.40. The molecule has 3 aliphatic heterocycles. The number of nitrogens with one attached hydrogen (secondary N) is 2. The second-order valence-electron chi connectivity index (χ2n) is 9.40. The maximum Gasteiger partial charge on any atom is 0.410 e. The van der Waals surface area contributed by atoms with Gasteiger partial charge in [-0.15, -0.1) is 0 Å². The van der Waals surface area contributed by atoms with Gasteiger partial charge in [0.15, 0.2) is 11.5 Å². The van der Waals surface area contributed by atoms with Gasteiger partial charge in [0, 0.05) is 44.0 Å². The Morgan fingerprint density at radius 3 is 2.57 bits per heavy atom. The summed E-state index contributed by atoms with van der Waals surface area (Å²) >= 11 is 0. The molecule has 5 heterocycles. The Hall–Kier alpha value is -3.28. The minimum absolute atomic E-state index is 0.108. The molecule has 0 aromatic carbocycles. The third-order valence-electron chi connectivity index (χ3n) is 6.60. The summed E-state index contributed by atoms with van der Waals surface area (Å²) in [5, 5.41) is 11.5. The number of fused-ring (bicyclic) bond motifs is 1. The fourth-order valence-electron chi connectivity index (χ4n) is 4.41. The van der Waals surface area contributed by atoms with Gasteiger partial charge in [-0.25, -0.2) is 9.18 Å². The largest absolute Gasteiger partial charge is 0.443 e. The molecule has 5 rings (SSSR count). The number of hydrogen-bond donors (Lipinski definition) is 2. The molecule has 1 amide bonds. The summed E-state index contributed by atoms with van der Waals surface area (Å²) in [5.41, 5.74) is 2.02. The first-order valence-electron chi connectivity index (χ1n) is 12.2. The Morgan fingerprint density at radius 1 is 1.17 bits per heavy atom. The zero-order valence-corrected chi connectivity index (χ0v) is 20.0. The van der Waals surface area contributed by atoms with Gasteiger partial charge in [-0.1, -0.05) is 13.8 Å². The highest BCUT2D eigenvalue weighted by molar-refractivity contribution is 5.84. The van der Waals surface area contributed by atoms with Crippen molar-refractivity contribution >= 4 is 29.9 Å². The van der Waals surface area contributed by atoms with Gasteiger partial charge < -0.3 is 25.0 Å². The molecule has 2 aromatic rings. The Kier molecular flexibility index (Phi) is 6.80. The molecule has 0 unspecified atom stereocenters. The number of aromatic nitrogens is 4. The van der Waals surface area contributed by atoms with Crippen LogP contribution < -0.4 is 10.6 Å². The Labute approximate surface area is 202 Å². The highest BCUT2D eigenvalue weighted by atomic mass is 19.1. The van der Waals surface area contributed by atoms with Crippen LogP contribution in [0.25, 0.3) is 5.65 Å². The monoisotopic (exact) mass is 486 g/mol. The average molecular weight is 487 g/mol. The zero-order chi connectivity index (χ0) is 24.4. The van der Waals surface area contributed by atoms with E-state index in [0.717, 1.165) is 56.3 Å². The summed E-state index contributed by atoms with van der Waals surface area (Å²) in [5.74, 6) is 1.05. The van der Waals surface area contributed by atoms with Crippen LogP contribution >= 0.6 is 0 Å². The molecule has 0 radical (unpaired) electrons. The lowest BCUT2D eigenvalue weighted by atomic mass is 10.1. The summed E-state index contributed by atoms with van der Waals surface area (Å²) in [6.45, 7) is 6.62. The van der Waals surface area contributed by atoms with Gasteiger partial charge >= 0.3 is 6.09 Å². The third-order valence-corrected chi connectivity index (χ3v) is 6.60. The van der Waals surface area contributed by atoms with Crippen LogP contribution in [-0.2, 0) is 9.47 Å². The highest BCUT2D eigenvalue weighted by Gasteiger charge is 2.26. The SMILES string of the molecule is CC(C)c1cnn2c(NC3CCN(C(=O)OCC4=C(F)C=N4)CC3)nc(NC3CCOCC3)nc12. The number of likely N-dealkylation sites (tertiary alicyclic amines) is 1. The topological polar surface area (TPSA) is 118 Å². The number of hydrogen-bond acceptors (Lipinski definition) is 9.